The van der Waals surface area contributed by atoms with E-state index in [2.05, 4.69) is 6.58 Å². The first-order valence-corrected chi connectivity index (χ1v) is 6.03. The lowest BCUT2D eigenvalue weighted by Crippen LogP contribution is -2.46. The van der Waals surface area contributed by atoms with Gasteiger partial charge in [0.15, 0.2) is 0 Å². The number of rotatable bonds is 6. The molecule has 0 fully saturated rings. The number of carbonyl (C=O) groups excluding carboxylic acids is 2. The van der Waals surface area contributed by atoms with Crippen LogP contribution in [0.25, 0.3) is 0 Å². The average molecular weight is 287 g/mol. The lowest BCUT2D eigenvalue weighted by molar-refractivity contribution is -0.151. The Morgan fingerprint density at radius 2 is 1.90 bits per heavy atom. The van der Waals surface area contributed by atoms with Gasteiger partial charge in [0, 0.05) is 7.05 Å². The quantitative estimate of drug-likeness (QED) is 0.586. The summed E-state index contributed by atoms with van der Waals surface area (Å²) in [4.78, 5) is 35.2. The molecule has 1 N–H and O–H groups in total. The maximum absolute atomic E-state index is 11.8. The Bertz CT molecular complexity index is 385. The minimum atomic E-state index is -1.35. The van der Waals surface area contributed by atoms with Gasteiger partial charge in [0.05, 0.1) is 6.42 Å². The first-order chi connectivity index (χ1) is 9.08. The molecule has 0 spiro atoms. The molecule has 1 atom stereocenters. The van der Waals surface area contributed by atoms with Crippen molar-refractivity contribution in [2.45, 2.75) is 38.8 Å². The van der Waals surface area contributed by atoms with Crippen LogP contribution in [0.3, 0.4) is 0 Å². The molecule has 0 aromatic carbocycles. The predicted molar refractivity (Wildman–Crippen MR) is 71.2 cm³/mol. The molecule has 0 heterocycles. The lowest BCUT2D eigenvalue weighted by Gasteiger charge is -2.28. The molecule has 7 nitrogen and oxygen atoms in total. The van der Waals surface area contributed by atoms with Crippen molar-refractivity contribution >= 4 is 18.0 Å². The summed E-state index contributed by atoms with van der Waals surface area (Å²) in [5, 5.41) is 9.09. The van der Waals surface area contributed by atoms with Crippen LogP contribution in [0.2, 0.25) is 0 Å². The van der Waals surface area contributed by atoms with E-state index in [1.807, 2.05) is 0 Å². The number of carbonyl (C=O) groups is 3. The molecule has 0 aliphatic rings. The summed E-state index contributed by atoms with van der Waals surface area (Å²) in [6, 6.07) is -1.35. The molecule has 0 bridgehead atoms. The number of hydrogen-bond acceptors (Lipinski definition) is 5. The van der Waals surface area contributed by atoms with Crippen LogP contribution in [0.5, 0.6) is 0 Å². The van der Waals surface area contributed by atoms with Gasteiger partial charge in [-0.2, -0.15) is 0 Å². The molecule has 0 aromatic heterocycles. The number of esters is 1. The highest BCUT2D eigenvalue weighted by atomic mass is 16.6. The Morgan fingerprint density at radius 3 is 2.30 bits per heavy atom. The van der Waals surface area contributed by atoms with Crippen molar-refractivity contribution in [2.24, 2.45) is 0 Å². The van der Waals surface area contributed by atoms with Crippen LogP contribution in [0.15, 0.2) is 12.7 Å². The standard InChI is InChI=1S/C13H21NO6/c1-6-7-19-10(15)8-9(11(16)17)14(5)12(18)20-13(2,3)4/h6,9H,1,7-8H2,2-5H3,(H,16,17). The van der Waals surface area contributed by atoms with Crippen molar-refractivity contribution in [3.05, 3.63) is 12.7 Å². The summed E-state index contributed by atoms with van der Waals surface area (Å²) in [6.45, 7) is 8.34. The molecule has 1 unspecified atom stereocenters. The van der Waals surface area contributed by atoms with Crippen molar-refractivity contribution in [1.29, 1.82) is 0 Å². The number of likely N-dealkylation sites (N-methyl/N-ethyl adjacent to an activating group) is 1. The molecule has 0 aliphatic heterocycles. The molecule has 0 rings (SSSR count). The summed E-state index contributed by atoms with van der Waals surface area (Å²) >= 11 is 0. The van der Waals surface area contributed by atoms with Gasteiger partial charge in [-0.25, -0.2) is 9.59 Å². The van der Waals surface area contributed by atoms with Crippen molar-refractivity contribution in [2.75, 3.05) is 13.7 Å². The van der Waals surface area contributed by atoms with Gasteiger partial charge < -0.3 is 14.6 Å². The van der Waals surface area contributed by atoms with Gasteiger partial charge in [-0.1, -0.05) is 12.7 Å². The normalized spacial score (nSPS) is 12.2. The van der Waals surface area contributed by atoms with E-state index >= 15 is 0 Å². The fraction of sp³-hybridized carbons (Fsp3) is 0.615. The second-order valence-corrected chi connectivity index (χ2v) is 5.12. The third-order valence-electron chi connectivity index (χ3n) is 2.16. The van der Waals surface area contributed by atoms with E-state index in [0.29, 0.717) is 0 Å². The Hall–Kier alpha value is -2.05. The number of amides is 1. The van der Waals surface area contributed by atoms with Crippen molar-refractivity contribution in [3.63, 3.8) is 0 Å². The van der Waals surface area contributed by atoms with Crippen LogP contribution in [-0.4, -0.2) is 53.3 Å². The molecule has 7 heteroatoms. The minimum Gasteiger partial charge on any atom is -0.480 e. The molecule has 0 saturated heterocycles. The topological polar surface area (TPSA) is 93.1 Å². The van der Waals surface area contributed by atoms with Crippen LogP contribution in [-0.2, 0) is 19.1 Å². The summed E-state index contributed by atoms with van der Waals surface area (Å²) in [7, 11) is 1.26. The maximum Gasteiger partial charge on any atom is 0.410 e. The number of carboxylic acid groups (broad SMARTS) is 1. The van der Waals surface area contributed by atoms with E-state index in [1.165, 1.54) is 13.1 Å². The molecule has 20 heavy (non-hydrogen) atoms. The molecular weight excluding hydrogens is 266 g/mol. The second kappa shape index (κ2) is 7.52. The van der Waals surface area contributed by atoms with E-state index in [4.69, 9.17) is 14.6 Å². The molecule has 0 radical (unpaired) electrons. The zero-order valence-corrected chi connectivity index (χ0v) is 12.2. The Balaban J connectivity index is 4.74. The highest BCUT2D eigenvalue weighted by Gasteiger charge is 2.32. The first kappa shape index (κ1) is 17.9. The Kier molecular flexibility index (Phi) is 6.75. The minimum absolute atomic E-state index is 0.0126. The number of ether oxygens (including phenoxy) is 2. The Labute approximate surface area is 118 Å². The Morgan fingerprint density at radius 1 is 1.35 bits per heavy atom. The van der Waals surface area contributed by atoms with Gasteiger partial charge in [-0.3, -0.25) is 9.69 Å². The smallest absolute Gasteiger partial charge is 0.410 e. The monoisotopic (exact) mass is 287 g/mol. The molecule has 0 aromatic rings. The van der Waals surface area contributed by atoms with Gasteiger partial charge in [-0.05, 0) is 20.8 Å². The SMILES string of the molecule is C=CCOC(=O)CC(C(=O)O)N(C)C(=O)OC(C)(C)C. The van der Waals surface area contributed by atoms with Crippen molar-refractivity contribution < 1.29 is 29.0 Å². The fourth-order valence-corrected chi connectivity index (χ4v) is 1.22. The van der Waals surface area contributed by atoms with E-state index in [-0.39, 0.29) is 6.61 Å². The first-order valence-electron chi connectivity index (χ1n) is 6.03. The highest BCUT2D eigenvalue weighted by Crippen LogP contribution is 2.12. The predicted octanol–water partition coefficient (Wildman–Crippen LogP) is 1.43. The van der Waals surface area contributed by atoms with Crippen LogP contribution >= 0.6 is 0 Å². The maximum atomic E-state index is 11.8. The summed E-state index contributed by atoms with van der Waals surface area (Å²) in [5.41, 5.74) is -0.752. The van der Waals surface area contributed by atoms with Crippen LogP contribution < -0.4 is 0 Å². The molecule has 0 aliphatic carbocycles. The van der Waals surface area contributed by atoms with Gasteiger partial charge in [0.1, 0.15) is 18.2 Å². The largest absolute Gasteiger partial charge is 0.480 e. The molecule has 1 amide bonds. The molecular formula is C13H21NO6. The number of carboxylic acids is 1. The van der Waals surface area contributed by atoms with E-state index in [1.54, 1.807) is 20.8 Å². The molecule has 114 valence electrons. The third kappa shape index (κ3) is 6.77. The van der Waals surface area contributed by atoms with E-state index in [9.17, 15) is 14.4 Å². The van der Waals surface area contributed by atoms with Crippen molar-refractivity contribution in [1.82, 2.24) is 4.90 Å². The fourth-order valence-electron chi connectivity index (χ4n) is 1.22. The molecule has 0 saturated carbocycles. The van der Waals surface area contributed by atoms with Gasteiger partial charge in [-0.15, -0.1) is 0 Å². The zero-order chi connectivity index (χ0) is 15.9. The second-order valence-electron chi connectivity index (χ2n) is 5.12. The average Bonchev–Trinajstić information content (AvgIpc) is 2.29. The van der Waals surface area contributed by atoms with Crippen LogP contribution in [0.1, 0.15) is 27.2 Å². The zero-order valence-electron chi connectivity index (χ0n) is 12.2. The van der Waals surface area contributed by atoms with E-state index < -0.39 is 36.1 Å². The van der Waals surface area contributed by atoms with Crippen LogP contribution in [0.4, 0.5) is 4.79 Å². The summed E-state index contributed by atoms with van der Waals surface area (Å²) < 4.78 is 9.75. The van der Waals surface area contributed by atoms with E-state index in [0.717, 1.165) is 4.90 Å². The summed E-state index contributed by atoms with van der Waals surface area (Å²) in [6.07, 6.45) is 0.0888. The number of aliphatic carboxylic acids is 1. The van der Waals surface area contributed by atoms with Crippen LogP contribution in [0, 0.1) is 0 Å². The summed E-state index contributed by atoms with van der Waals surface area (Å²) in [5.74, 6) is -2.04. The lowest BCUT2D eigenvalue weighted by atomic mass is 10.2. The van der Waals surface area contributed by atoms with Gasteiger partial charge in [0.2, 0.25) is 0 Å². The van der Waals surface area contributed by atoms with Gasteiger partial charge in [0.25, 0.3) is 0 Å². The third-order valence-corrected chi connectivity index (χ3v) is 2.16. The van der Waals surface area contributed by atoms with Crippen molar-refractivity contribution in [3.8, 4) is 0 Å². The van der Waals surface area contributed by atoms with Gasteiger partial charge >= 0.3 is 18.0 Å². The number of nitrogens with zero attached hydrogens (tertiary/aromatic N) is 1. The number of hydrogen-bond donors (Lipinski definition) is 1. The highest BCUT2D eigenvalue weighted by molar-refractivity contribution is 5.85.